The van der Waals surface area contributed by atoms with Gasteiger partial charge < -0.3 is 15.5 Å². The van der Waals surface area contributed by atoms with Gasteiger partial charge in [-0.05, 0) is 36.0 Å². The van der Waals surface area contributed by atoms with E-state index in [2.05, 4.69) is 41.1 Å². The van der Waals surface area contributed by atoms with Crippen LogP contribution in [-0.4, -0.2) is 55.9 Å². The zero-order valence-electron chi connectivity index (χ0n) is 18.4. The summed E-state index contributed by atoms with van der Waals surface area (Å²) in [6, 6.07) is 8.76. The number of aromatic amines is 1. The Labute approximate surface area is 219 Å². The topological polar surface area (TPSA) is 129 Å². The van der Waals surface area contributed by atoms with Gasteiger partial charge in [-0.15, -0.1) is 45.3 Å². The maximum atomic E-state index is 13.2. The molecule has 14 heteroatoms. The average molecular weight is 551 g/mol. The fourth-order valence-electron chi connectivity index (χ4n) is 3.64. The number of nitrogens with zero attached hydrogens (tertiary/aromatic N) is 5. The van der Waals surface area contributed by atoms with Crippen LogP contribution in [0.25, 0.3) is 11.4 Å². The Morgan fingerprint density at radius 1 is 1.20 bits per heavy atom. The fraction of sp³-hybridized carbons (Fsp3) is 0.238. The molecule has 1 aliphatic rings. The van der Waals surface area contributed by atoms with Gasteiger partial charge in [-0.1, -0.05) is 23.7 Å². The van der Waals surface area contributed by atoms with E-state index in [0.717, 1.165) is 30.1 Å². The summed E-state index contributed by atoms with van der Waals surface area (Å²) < 4.78 is 0.537. The van der Waals surface area contributed by atoms with Gasteiger partial charge in [-0.3, -0.25) is 9.59 Å². The number of tetrazole rings is 1. The number of fused-ring (bicyclic) bond motifs is 1. The zero-order chi connectivity index (χ0) is 23.7. The van der Waals surface area contributed by atoms with E-state index >= 15 is 0 Å². The summed E-state index contributed by atoms with van der Waals surface area (Å²) in [5.41, 5.74) is 2.73. The predicted octanol–water partition coefficient (Wildman–Crippen LogP) is 3.63. The number of benzene rings is 1. The van der Waals surface area contributed by atoms with Crippen LogP contribution in [0.3, 0.4) is 0 Å². The van der Waals surface area contributed by atoms with Crippen LogP contribution in [0.2, 0.25) is 4.34 Å². The molecule has 10 nitrogen and oxygen atoms in total. The molecule has 3 N–H and O–H groups in total. The van der Waals surface area contributed by atoms with Gasteiger partial charge in [0.2, 0.25) is 5.82 Å². The van der Waals surface area contributed by atoms with Gasteiger partial charge in [0.1, 0.15) is 0 Å². The molecule has 2 amide bonds. The van der Waals surface area contributed by atoms with Gasteiger partial charge in [-0.2, -0.15) is 5.21 Å². The summed E-state index contributed by atoms with van der Waals surface area (Å²) in [5.74, 6) is -0.250. The number of carbonyl (C=O) groups is 2. The normalized spacial score (nSPS) is 13.1. The molecular formula is C21H20Cl2N8O2S2. The lowest BCUT2D eigenvalue weighted by Crippen LogP contribution is -2.25. The molecule has 0 atom stereocenters. The van der Waals surface area contributed by atoms with E-state index in [1.165, 1.54) is 22.7 Å². The Kier molecular flexibility index (Phi) is 7.77. The van der Waals surface area contributed by atoms with Crippen LogP contribution in [0.1, 0.15) is 35.6 Å². The summed E-state index contributed by atoms with van der Waals surface area (Å²) in [4.78, 5) is 34.1. The Bertz CT molecular complexity index is 1360. The maximum Gasteiger partial charge on any atom is 0.284 e. The molecule has 3 aromatic heterocycles. The van der Waals surface area contributed by atoms with Crippen LogP contribution in [0.5, 0.6) is 0 Å². The van der Waals surface area contributed by atoms with Gasteiger partial charge in [0.15, 0.2) is 5.01 Å². The number of H-pyrrole nitrogens is 1. The minimum Gasteiger partial charge on any atom is -0.347 e. The fourth-order valence-corrected chi connectivity index (χ4v) is 5.69. The quantitative estimate of drug-likeness (QED) is 0.334. The molecule has 182 valence electrons. The predicted molar refractivity (Wildman–Crippen MR) is 137 cm³/mol. The van der Waals surface area contributed by atoms with E-state index in [1.54, 1.807) is 18.2 Å². The second-order valence-corrected chi connectivity index (χ2v) is 10.5. The first-order valence-corrected chi connectivity index (χ1v) is 12.4. The van der Waals surface area contributed by atoms with Gasteiger partial charge in [-0.25, -0.2) is 4.98 Å². The zero-order valence-corrected chi connectivity index (χ0v) is 21.6. The van der Waals surface area contributed by atoms with Crippen molar-refractivity contribution in [3.63, 3.8) is 0 Å². The van der Waals surface area contributed by atoms with E-state index in [1.807, 2.05) is 19.2 Å². The highest BCUT2D eigenvalue weighted by Crippen LogP contribution is 2.31. The third kappa shape index (κ3) is 5.52. The Morgan fingerprint density at radius 3 is 2.80 bits per heavy atom. The van der Waals surface area contributed by atoms with Crippen LogP contribution in [0.15, 0.2) is 30.3 Å². The molecule has 0 bridgehead atoms. The van der Waals surface area contributed by atoms with Crippen molar-refractivity contribution in [3.8, 4) is 11.4 Å². The molecule has 1 aliphatic heterocycles. The van der Waals surface area contributed by atoms with E-state index in [9.17, 15) is 9.59 Å². The third-order valence-corrected chi connectivity index (χ3v) is 7.64. The minimum absolute atomic E-state index is 0. The van der Waals surface area contributed by atoms with Crippen molar-refractivity contribution in [3.05, 3.63) is 60.7 Å². The number of hydrogen-bond donors (Lipinski definition) is 3. The number of amides is 2. The number of anilines is 1. The number of hydrogen-bond acceptors (Lipinski definition) is 9. The van der Waals surface area contributed by atoms with Crippen molar-refractivity contribution >= 4 is 64.2 Å². The number of thiazole rings is 1. The van der Waals surface area contributed by atoms with Crippen LogP contribution in [0, 0.1) is 0 Å². The molecule has 0 spiro atoms. The number of carbonyl (C=O) groups excluding carboxylic acids is 2. The average Bonchev–Trinajstić information content (AvgIpc) is 3.58. The van der Waals surface area contributed by atoms with Crippen molar-refractivity contribution < 1.29 is 9.59 Å². The van der Waals surface area contributed by atoms with Crippen LogP contribution in [-0.2, 0) is 19.5 Å². The molecule has 0 saturated carbocycles. The number of nitrogens with one attached hydrogen (secondary N) is 3. The highest BCUT2D eigenvalue weighted by atomic mass is 35.5. The van der Waals surface area contributed by atoms with Gasteiger partial charge in [0.25, 0.3) is 11.8 Å². The molecule has 5 rings (SSSR count). The lowest BCUT2D eigenvalue weighted by molar-refractivity contribution is 0.0954. The SMILES string of the molecule is CN1CCc2nc(C(=O)Nc3c(CNC(=O)c4ccc(Cl)s4)cccc3-c3nn[nH]n3)sc2C1.Cl. The lowest BCUT2D eigenvalue weighted by Gasteiger charge is -2.20. The standard InChI is InChI=1S/C21H19ClN8O2S2.ClH/c1-30-8-7-13-15(10-30)34-21(24-13)20(32)25-17-11(3-2-4-12(17)18-26-28-29-27-18)9-23-19(31)14-5-6-16(22)33-14;/h2-6H,7-10H2,1H3,(H,23,31)(H,25,32)(H,26,27,28,29);1H. The van der Waals surface area contributed by atoms with E-state index in [0.29, 0.717) is 36.9 Å². The van der Waals surface area contributed by atoms with E-state index < -0.39 is 0 Å². The summed E-state index contributed by atoms with van der Waals surface area (Å²) in [5, 5.41) is 20.4. The lowest BCUT2D eigenvalue weighted by atomic mass is 10.1. The van der Waals surface area contributed by atoms with Crippen molar-refractivity contribution in [2.24, 2.45) is 0 Å². The first-order chi connectivity index (χ1) is 16.5. The first-order valence-electron chi connectivity index (χ1n) is 10.4. The number of halogens is 2. The molecule has 0 radical (unpaired) electrons. The van der Waals surface area contributed by atoms with Crippen LogP contribution < -0.4 is 10.6 Å². The maximum absolute atomic E-state index is 13.2. The number of aromatic nitrogens is 5. The highest BCUT2D eigenvalue weighted by Gasteiger charge is 2.23. The van der Waals surface area contributed by atoms with E-state index in [-0.39, 0.29) is 30.8 Å². The van der Waals surface area contributed by atoms with Crippen LogP contribution >= 0.6 is 46.7 Å². The van der Waals surface area contributed by atoms with Crippen LogP contribution in [0.4, 0.5) is 5.69 Å². The molecule has 4 heterocycles. The summed E-state index contributed by atoms with van der Waals surface area (Å²) in [6.45, 7) is 1.87. The molecular weight excluding hydrogens is 531 g/mol. The molecule has 0 fully saturated rings. The Balaban J connectivity index is 0.00000289. The van der Waals surface area contributed by atoms with Gasteiger partial charge >= 0.3 is 0 Å². The van der Waals surface area contributed by atoms with E-state index in [4.69, 9.17) is 11.6 Å². The molecule has 0 aliphatic carbocycles. The molecule has 0 unspecified atom stereocenters. The van der Waals surface area contributed by atoms with Gasteiger partial charge in [0, 0.05) is 36.5 Å². The van der Waals surface area contributed by atoms with Crippen molar-refractivity contribution in [1.82, 2.24) is 35.8 Å². The molecule has 4 aromatic rings. The number of para-hydroxylation sites is 1. The Morgan fingerprint density at radius 2 is 2.06 bits per heavy atom. The molecule has 35 heavy (non-hydrogen) atoms. The molecule has 1 aromatic carbocycles. The van der Waals surface area contributed by atoms with Gasteiger partial charge in [0.05, 0.1) is 20.6 Å². The monoisotopic (exact) mass is 550 g/mol. The second-order valence-electron chi connectivity index (χ2n) is 7.69. The van der Waals surface area contributed by atoms with Crippen molar-refractivity contribution in [1.29, 1.82) is 0 Å². The number of rotatable bonds is 6. The highest BCUT2D eigenvalue weighted by molar-refractivity contribution is 7.18. The number of likely N-dealkylation sites (N-methyl/N-ethyl adjacent to an activating group) is 1. The summed E-state index contributed by atoms with van der Waals surface area (Å²) in [7, 11) is 2.05. The summed E-state index contributed by atoms with van der Waals surface area (Å²) >= 11 is 8.54. The molecule has 0 saturated heterocycles. The second kappa shape index (κ2) is 10.8. The minimum atomic E-state index is -0.324. The largest absolute Gasteiger partial charge is 0.347 e. The van der Waals surface area contributed by atoms with Crippen molar-refractivity contribution in [2.45, 2.75) is 19.5 Å². The smallest absolute Gasteiger partial charge is 0.284 e. The third-order valence-electron chi connectivity index (χ3n) is 5.33. The number of thiophene rings is 1. The summed E-state index contributed by atoms with van der Waals surface area (Å²) in [6.07, 6.45) is 0.819. The first kappa shape index (κ1) is 25.2. The van der Waals surface area contributed by atoms with Crippen molar-refractivity contribution in [2.75, 3.05) is 18.9 Å². The Hall–Kier alpha value is -2.90.